The fourth-order valence-corrected chi connectivity index (χ4v) is 4.54. The highest BCUT2D eigenvalue weighted by atomic mass is 32.1. The number of esters is 1. The molecule has 1 fully saturated rings. The number of nitrogens with one attached hydrogen (secondary N) is 1. The second-order valence-electron chi connectivity index (χ2n) is 8.85. The molecule has 1 aliphatic heterocycles. The van der Waals surface area contributed by atoms with Gasteiger partial charge in [0.05, 0.1) is 25.1 Å². The van der Waals surface area contributed by atoms with Gasteiger partial charge in [-0.05, 0) is 55.0 Å². The van der Waals surface area contributed by atoms with Gasteiger partial charge in [0, 0.05) is 17.8 Å². The summed E-state index contributed by atoms with van der Waals surface area (Å²) in [4.78, 5) is 40.6. The zero-order chi connectivity index (χ0) is 29.0. The summed E-state index contributed by atoms with van der Waals surface area (Å²) in [5, 5.41) is 2.53. The minimum atomic E-state index is -1.99. The molecule has 2 amide bonds. The first-order valence-electron chi connectivity index (χ1n) is 12.2. The van der Waals surface area contributed by atoms with Crippen LogP contribution in [0.25, 0.3) is 0 Å². The molecule has 1 atom stereocenters. The lowest BCUT2D eigenvalue weighted by Gasteiger charge is -2.24. The van der Waals surface area contributed by atoms with Crippen LogP contribution in [0.15, 0.2) is 60.7 Å². The van der Waals surface area contributed by atoms with Crippen LogP contribution in [0.2, 0.25) is 0 Å². The average molecular weight is 574 g/mol. The Bertz CT molecular complexity index is 1450. The predicted molar refractivity (Wildman–Crippen MR) is 141 cm³/mol. The quantitative estimate of drug-likeness (QED) is 0.128. The van der Waals surface area contributed by atoms with Crippen molar-refractivity contribution in [3.8, 4) is 0 Å². The van der Waals surface area contributed by atoms with Crippen molar-refractivity contribution in [2.45, 2.75) is 32.5 Å². The van der Waals surface area contributed by atoms with E-state index in [0.29, 0.717) is 11.8 Å². The number of thiocarbonyl (C=S) groups is 1. The van der Waals surface area contributed by atoms with Gasteiger partial charge in [0.2, 0.25) is 5.91 Å². The zero-order valence-corrected chi connectivity index (χ0v) is 21.9. The molecule has 3 aromatic rings. The molecule has 1 saturated heterocycles. The summed E-state index contributed by atoms with van der Waals surface area (Å²) in [7, 11) is 0. The highest BCUT2D eigenvalue weighted by Crippen LogP contribution is 2.28. The van der Waals surface area contributed by atoms with E-state index < -0.39 is 65.6 Å². The first kappa shape index (κ1) is 28.7. The van der Waals surface area contributed by atoms with Crippen LogP contribution < -0.4 is 5.32 Å². The number of benzene rings is 3. The second-order valence-corrected chi connectivity index (χ2v) is 9.21. The number of hydrogen-bond donors (Lipinski definition) is 1. The molecule has 3 aromatic carbocycles. The van der Waals surface area contributed by atoms with Crippen molar-refractivity contribution in [3.05, 3.63) is 101 Å². The van der Waals surface area contributed by atoms with E-state index >= 15 is 0 Å². The molecule has 1 N–H and O–H groups in total. The van der Waals surface area contributed by atoms with Crippen LogP contribution in [0, 0.1) is 23.3 Å². The number of anilines is 1. The number of nitrogens with zero attached hydrogens (tertiary/aromatic N) is 2. The summed E-state index contributed by atoms with van der Waals surface area (Å²) in [5.74, 6) is -8.91. The van der Waals surface area contributed by atoms with Crippen LogP contribution >= 0.6 is 12.2 Å². The zero-order valence-electron chi connectivity index (χ0n) is 21.1. The maximum atomic E-state index is 14.5. The monoisotopic (exact) mass is 573 g/mol. The van der Waals surface area contributed by atoms with Gasteiger partial charge in [0.15, 0.2) is 28.4 Å². The summed E-state index contributed by atoms with van der Waals surface area (Å²) >= 11 is 5.46. The Labute approximate surface area is 232 Å². The molecule has 0 aliphatic carbocycles. The molecule has 208 valence electrons. The highest BCUT2D eigenvalue weighted by Gasteiger charge is 2.43. The Morgan fingerprint density at radius 3 is 2.27 bits per heavy atom. The molecular weight excluding hydrogens is 550 g/mol. The van der Waals surface area contributed by atoms with Crippen molar-refractivity contribution in [1.29, 1.82) is 0 Å². The Balaban J connectivity index is 1.57. The normalized spacial score (nSPS) is 15.0. The largest absolute Gasteiger partial charge is 0.462 e. The molecule has 1 heterocycles. The number of rotatable bonds is 9. The minimum Gasteiger partial charge on any atom is -0.462 e. The molecule has 0 spiro atoms. The number of ether oxygens (including phenoxy) is 1. The molecule has 4 rings (SSSR count). The third-order valence-electron chi connectivity index (χ3n) is 6.16. The topological polar surface area (TPSA) is 78.9 Å². The van der Waals surface area contributed by atoms with Crippen molar-refractivity contribution < 1.29 is 36.7 Å². The van der Waals surface area contributed by atoms with Crippen LogP contribution in [0.5, 0.6) is 0 Å². The van der Waals surface area contributed by atoms with Crippen LogP contribution in [0.3, 0.4) is 0 Å². The fraction of sp³-hybridized carbons (Fsp3) is 0.214. The van der Waals surface area contributed by atoms with Crippen molar-refractivity contribution in [2.24, 2.45) is 0 Å². The van der Waals surface area contributed by atoms with Gasteiger partial charge >= 0.3 is 5.97 Å². The molecule has 0 bridgehead atoms. The third-order valence-corrected chi connectivity index (χ3v) is 6.62. The Hall–Kier alpha value is -4.32. The van der Waals surface area contributed by atoms with Gasteiger partial charge in [0.25, 0.3) is 5.91 Å². The first-order valence-corrected chi connectivity index (χ1v) is 12.6. The number of carbonyl (C=O) groups excluding carboxylic acids is 3. The SMILES string of the molecule is CCOC(=O)c1ccc(NC(=O)C[C@H]2C(=O)N(Cc3ccccc3)C(=S)N2Cc2cc(F)c(F)c(F)c2F)cc1. The molecule has 0 radical (unpaired) electrons. The molecular formula is C28H23F4N3O4S. The van der Waals surface area contributed by atoms with Gasteiger partial charge in [-0.3, -0.25) is 14.5 Å². The van der Waals surface area contributed by atoms with Crippen molar-refractivity contribution in [1.82, 2.24) is 9.80 Å². The summed E-state index contributed by atoms with van der Waals surface area (Å²) in [6, 6.07) is 13.9. The van der Waals surface area contributed by atoms with E-state index in [0.717, 1.165) is 5.56 Å². The maximum absolute atomic E-state index is 14.5. The van der Waals surface area contributed by atoms with E-state index in [1.165, 1.54) is 34.1 Å². The van der Waals surface area contributed by atoms with E-state index in [-0.39, 0.29) is 23.8 Å². The maximum Gasteiger partial charge on any atom is 0.338 e. The molecule has 1 aliphatic rings. The van der Waals surface area contributed by atoms with Crippen molar-refractivity contribution in [2.75, 3.05) is 11.9 Å². The standard InChI is InChI=1S/C28H23F4N3O4S/c1-2-39-27(38)17-8-10-19(11-9-17)33-22(36)13-21-26(37)35(14-16-6-4-3-5-7-16)28(40)34(21)15-18-12-20(29)24(31)25(32)23(18)30/h3-12,21H,2,13-15H2,1H3,(H,33,36)/t21-/m0/s1. The first-order chi connectivity index (χ1) is 19.1. The van der Waals surface area contributed by atoms with Gasteiger partial charge in [-0.2, -0.15) is 0 Å². The van der Waals surface area contributed by atoms with E-state index in [1.54, 1.807) is 37.3 Å². The lowest BCUT2D eigenvalue weighted by molar-refractivity contribution is -0.131. The number of amides is 2. The van der Waals surface area contributed by atoms with E-state index in [9.17, 15) is 31.9 Å². The molecule has 12 heteroatoms. The highest BCUT2D eigenvalue weighted by molar-refractivity contribution is 7.80. The molecule has 0 aromatic heterocycles. The van der Waals surface area contributed by atoms with Crippen LogP contribution in [-0.2, 0) is 27.4 Å². The Morgan fingerprint density at radius 2 is 1.62 bits per heavy atom. The van der Waals surface area contributed by atoms with Gasteiger partial charge < -0.3 is 15.0 Å². The van der Waals surface area contributed by atoms with Crippen LogP contribution in [0.1, 0.15) is 34.8 Å². The molecule has 7 nitrogen and oxygen atoms in total. The molecule has 40 heavy (non-hydrogen) atoms. The van der Waals surface area contributed by atoms with E-state index in [4.69, 9.17) is 17.0 Å². The number of halogens is 4. The van der Waals surface area contributed by atoms with Crippen LogP contribution in [0.4, 0.5) is 23.2 Å². The lowest BCUT2D eigenvalue weighted by Crippen LogP contribution is -2.37. The fourth-order valence-electron chi connectivity index (χ4n) is 4.19. The van der Waals surface area contributed by atoms with Gasteiger partial charge in [-0.1, -0.05) is 30.3 Å². The second kappa shape index (κ2) is 12.2. The van der Waals surface area contributed by atoms with Crippen molar-refractivity contribution in [3.63, 3.8) is 0 Å². The van der Waals surface area contributed by atoms with Gasteiger partial charge in [-0.25, -0.2) is 22.4 Å². The summed E-state index contributed by atoms with van der Waals surface area (Å²) in [5.41, 5.74) is 0.746. The van der Waals surface area contributed by atoms with Crippen molar-refractivity contribution >= 4 is 40.8 Å². The summed E-state index contributed by atoms with van der Waals surface area (Å²) < 4.78 is 60.8. The average Bonchev–Trinajstić information content (AvgIpc) is 3.15. The summed E-state index contributed by atoms with van der Waals surface area (Å²) in [6.45, 7) is 1.32. The van der Waals surface area contributed by atoms with Crippen LogP contribution in [-0.4, -0.2) is 45.3 Å². The molecule has 0 unspecified atom stereocenters. The van der Waals surface area contributed by atoms with E-state index in [1.807, 2.05) is 0 Å². The smallest absolute Gasteiger partial charge is 0.338 e. The Morgan fingerprint density at radius 1 is 0.950 bits per heavy atom. The number of carbonyl (C=O) groups is 3. The number of hydrogen-bond acceptors (Lipinski definition) is 5. The lowest BCUT2D eigenvalue weighted by atomic mass is 10.1. The van der Waals surface area contributed by atoms with E-state index in [2.05, 4.69) is 5.32 Å². The summed E-state index contributed by atoms with van der Waals surface area (Å²) in [6.07, 6.45) is -0.447. The third kappa shape index (κ3) is 6.12. The minimum absolute atomic E-state index is 0.0388. The van der Waals surface area contributed by atoms with Gasteiger partial charge in [0.1, 0.15) is 6.04 Å². The predicted octanol–water partition coefficient (Wildman–Crippen LogP) is 4.95. The Kier molecular flexibility index (Phi) is 8.78. The molecule has 0 saturated carbocycles. The van der Waals surface area contributed by atoms with Gasteiger partial charge in [-0.15, -0.1) is 0 Å².